The zero-order valence-electron chi connectivity index (χ0n) is 14.7. The Bertz CT molecular complexity index is 1080. The molecular formula is C22H20N2O2. The summed E-state index contributed by atoms with van der Waals surface area (Å²) in [6.07, 6.45) is 2.13. The fourth-order valence-electron chi connectivity index (χ4n) is 3.65. The van der Waals surface area contributed by atoms with Gasteiger partial charge in [0.1, 0.15) is 5.58 Å². The predicted molar refractivity (Wildman–Crippen MR) is 102 cm³/mol. The van der Waals surface area contributed by atoms with Gasteiger partial charge < -0.3 is 13.9 Å². The van der Waals surface area contributed by atoms with Crippen LogP contribution in [0.15, 0.2) is 65.1 Å². The molecule has 1 aliphatic rings. The van der Waals surface area contributed by atoms with Crippen molar-refractivity contribution >= 4 is 27.8 Å². The van der Waals surface area contributed by atoms with Gasteiger partial charge in [0.15, 0.2) is 5.76 Å². The number of furan rings is 1. The smallest absolute Gasteiger partial charge is 0.290 e. The van der Waals surface area contributed by atoms with Crippen LogP contribution in [0.3, 0.4) is 0 Å². The highest BCUT2D eigenvalue weighted by Gasteiger charge is 2.35. The molecule has 130 valence electrons. The molecule has 0 bridgehead atoms. The summed E-state index contributed by atoms with van der Waals surface area (Å²) in [4.78, 5) is 15.1. The van der Waals surface area contributed by atoms with Gasteiger partial charge in [-0.25, -0.2) is 0 Å². The van der Waals surface area contributed by atoms with E-state index >= 15 is 0 Å². The minimum Gasteiger partial charge on any atom is -0.451 e. The predicted octanol–water partition coefficient (Wildman–Crippen LogP) is 4.73. The van der Waals surface area contributed by atoms with E-state index in [2.05, 4.69) is 29.8 Å². The number of aryl methyl sites for hydroxylation is 1. The van der Waals surface area contributed by atoms with Crippen LogP contribution >= 0.6 is 0 Å². The molecule has 4 heteroatoms. The first-order valence-electron chi connectivity index (χ1n) is 9.03. The van der Waals surface area contributed by atoms with E-state index in [9.17, 15) is 4.79 Å². The Hall–Kier alpha value is -3.01. The molecule has 5 rings (SSSR count). The molecule has 0 spiro atoms. The maximum atomic E-state index is 13.1. The van der Waals surface area contributed by atoms with E-state index in [-0.39, 0.29) is 5.91 Å². The first kappa shape index (κ1) is 15.3. The molecule has 2 aromatic heterocycles. The Labute approximate surface area is 151 Å². The lowest BCUT2D eigenvalue weighted by Crippen LogP contribution is -2.33. The van der Waals surface area contributed by atoms with Crippen molar-refractivity contribution in [1.29, 1.82) is 0 Å². The number of fused-ring (bicyclic) bond motifs is 2. The highest BCUT2D eigenvalue weighted by atomic mass is 16.3. The molecule has 0 atom stereocenters. The van der Waals surface area contributed by atoms with Crippen LogP contribution in [0.5, 0.6) is 0 Å². The van der Waals surface area contributed by atoms with Crippen LogP contribution < -0.4 is 0 Å². The molecule has 26 heavy (non-hydrogen) atoms. The second kappa shape index (κ2) is 5.77. The molecule has 2 aromatic carbocycles. The molecule has 1 amide bonds. The summed E-state index contributed by atoms with van der Waals surface area (Å²) < 4.78 is 7.99. The SMILES string of the molecule is Cn1c(CN(C(=O)c2cc3ccccc3o2)C2CC2)cc2ccccc21. The molecule has 4 aromatic rings. The van der Waals surface area contributed by atoms with E-state index in [1.807, 2.05) is 47.4 Å². The Balaban J connectivity index is 1.49. The van der Waals surface area contributed by atoms with Crippen LogP contribution in [0.4, 0.5) is 0 Å². The standard InChI is InChI=1S/C22H20N2O2/c1-23-18(12-15-6-2-4-8-19(15)23)14-24(17-10-11-17)22(25)21-13-16-7-3-5-9-20(16)26-21/h2-9,12-13,17H,10-11,14H2,1H3. The average Bonchev–Trinajstić information content (AvgIpc) is 3.33. The zero-order chi connectivity index (χ0) is 17.7. The lowest BCUT2D eigenvalue weighted by Gasteiger charge is -2.21. The third-order valence-corrected chi connectivity index (χ3v) is 5.27. The van der Waals surface area contributed by atoms with Crippen LogP contribution in [0.25, 0.3) is 21.9 Å². The number of para-hydroxylation sites is 2. The quantitative estimate of drug-likeness (QED) is 0.537. The summed E-state index contributed by atoms with van der Waals surface area (Å²) >= 11 is 0. The van der Waals surface area contributed by atoms with Crippen molar-refractivity contribution in [2.24, 2.45) is 7.05 Å². The Morgan fingerprint density at radius 3 is 2.54 bits per heavy atom. The molecule has 2 heterocycles. The fourth-order valence-corrected chi connectivity index (χ4v) is 3.65. The van der Waals surface area contributed by atoms with Gasteiger partial charge in [0.05, 0.1) is 6.54 Å². The van der Waals surface area contributed by atoms with Crippen LogP contribution in [0, 0.1) is 0 Å². The highest BCUT2D eigenvalue weighted by Crippen LogP contribution is 2.32. The topological polar surface area (TPSA) is 38.4 Å². The van der Waals surface area contributed by atoms with Crippen molar-refractivity contribution in [3.8, 4) is 0 Å². The van der Waals surface area contributed by atoms with E-state index in [1.165, 1.54) is 10.9 Å². The maximum Gasteiger partial charge on any atom is 0.290 e. The second-order valence-electron chi connectivity index (χ2n) is 7.07. The van der Waals surface area contributed by atoms with Gasteiger partial charge in [-0.3, -0.25) is 4.79 Å². The van der Waals surface area contributed by atoms with Crippen molar-refractivity contribution < 1.29 is 9.21 Å². The third kappa shape index (κ3) is 2.49. The number of carbonyl (C=O) groups excluding carboxylic acids is 1. The molecule has 0 saturated heterocycles. The Morgan fingerprint density at radius 1 is 1.08 bits per heavy atom. The minimum absolute atomic E-state index is 0.0195. The van der Waals surface area contributed by atoms with Crippen molar-refractivity contribution in [1.82, 2.24) is 9.47 Å². The molecule has 0 radical (unpaired) electrons. The summed E-state index contributed by atoms with van der Waals surface area (Å²) in [7, 11) is 2.06. The lowest BCUT2D eigenvalue weighted by atomic mass is 10.2. The average molecular weight is 344 g/mol. The normalized spacial score (nSPS) is 14.2. The summed E-state index contributed by atoms with van der Waals surface area (Å²) in [5.41, 5.74) is 3.09. The van der Waals surface area contributed by atoms with Crippen LogP contribution in [-0.4, -0.2) is 21.4 Å². The van der Waals surface area contributed by atoms with E-state index in [0.29, 0.717) is 18.3 Å². The number of amides is 1. The van der Waals surface area contributed by atoms with Crippen molar-refractivity contribution in [2.45, 2.75) is 25.4 Å². The monoisotopic (exact) mass is 344 g/mol. The third-order valence-electron chi connectivity index (χ3n) is 5.27. The molecule has 1 fully saturated rings. The number of hydrogen-bond acceptors (Lipinski definition) is 2. The highest BCUT2D eigenvalue weighted by molar-refractivity contribution is 5.96. The largest absolute Gasteiger partial charge is 0.451 e. The molecule has 0 unspecified atom stereocenters. The van der Waals surface area contributed by atoms with Crippen molar-refractivity contribution in [3.63, 3.8) is 0 Å². The van der Waals surface area contributed by atoms with Gasteiger partial charge in [-0.05, 0) is 42.5 Å². The van der Waals surface area contributed by atoms with Crippen LogP contribution in [0.1, 0.15) is 29.1 Å². The molecule has 1 aliphatic carbocycles. The lowest BCUT2D eigenvalue weighted by molar-refractivity contribution is 0.0696. The number of carbonyl (C=O) groups is 1. The number of rotatable bonds is 4. The van der Waals surface area contributed by atoms with Gasteiger partial charge in [-0.15, -0.1) is 0 Å². The van der Waals surface area contributed by atoms with Gasteiger partial charge in [0.25, 0.3) is 5.91 Å². The molecule has 0 aliphatic heterocycles. The number of benzene rings is 2. The number of hydrogen-bond donors (Lipinski definition) is 0. The van der Waals surface area contributed by atoms with Crippen molar-refractivity contribution in [2.75, 3.05) is 0 Å². The summed E-state index contributed by atoms with van der Waals surface area (Å²) in [5.74, 6) is 0.408. The van der Waals surface area contributed by atoms with E-state index in [1.54, 1.807) is 0 Å². The van der Waals surface area contributed by atoms with Gasteiger partial charge in [-0.2, -0.15) is 0 Å². The summed E-state index contributed by atoms with van der Waals surface area (Å²) in [6, 6.07) is 20.4. The minimum atomic E-state index is -0.0195. The number of aromatic nitrogens is 1. The van der Waals surface area contributed by atoms with Gasteiger partial charge in [-0.1, -0.05) is 36.4 Å². The van der Waals surface area contributed by atoms with Crippen LogP contribution in [-0.2, 0) is 13.6 Å². The van der Waals surface area contributed by atoms with Crippen molar-refractivity contribution in [3.05, 3.63) is 72.1 Å². The number of nitrogens with zero attached hydrogens (tertiary/aromatic N) is 2. The molecule has 1 saturated carbocycles. The van der Waals surface area contributed by atoms with E-state index < -0.39 is 0 Å². The molecular weight excluding hydrogens is 324 g/mol. The van der Waals surface area contributed by atoms with E-state index in [0.717, 1.165) is 29.5 Å². The summed E-state index contributed by atoms with van der Waals surface area (Å²) in [5, 5.41) is 2.17. The Kier molecular flexibility index (Phi) is 3.38. The van der Waals surface area contributed by atoms with E-state index in [4.69, 9.17) is 4.42 Å². The molecule has 4 nitrogen and oxygen atoms in total. The second-order valence-corrected chi connectivity index (χ2v) is 7.07. The van der Waals surface area contributed by atoms with Gasteiger partial charge in [0.2, 0.25) is 0 Å². The molecule has 0 N–H and O–H groups in total. The summed E-state index contributed by atoms with van der Waals surface area (Å²) in [6.45, 7) is 0.603. The first-order chi connectivity index (χ1) is 12.7. The fraction of sp³-hybridized carbons (Fsp3) is 0.227. The first-order valence-corrected chi connectivity index (χ1v) is 9.03. The zero-order valence-corrected chi connectivity index (χ0v) is 14.7. The van der Waals surface area contributed by atoms with Gasteiger partial charge in [0, 0.05) is 29.7 Å². The Morgan fingerprint density at radius 2 is 1.81 bits per heavy atom. The van der Waals surface area contributed by atoms with Crippen LogP contribution in [0.2, 0.25) is 0 Å². The maximum absolute atomic E-state index is 13.1. The van der Waals surface area contributed by atoms with Gasteiger partial charge >= 0.3 is 0 Å².